The van der Waals surface area contributed by atoms with E-state index in [2.05, 4.69) is 22.8 Å². The van der Waals surface area contributed by atoms with Crippen molar-refractivity contribution in [3.8, 4) is 23.6 Å². The van der Waals surface area contributed by atoms with Gasteiger partial charge in [-0.3, -0.25) is 0 Å². The van der Waals surface area contributed by atoms with E-state index in [1.807, 2.05) is 48.5 Å². The summed E-state index contributed by atoms with van der Waals surface area (Å²) in [5.74, 6) is 1.48. The maximum atomic E-state index is 9.56. The van der Waals surface area contributed by atoms with Gasteiger partial charge in [0.2, 0.25) is 0 Å². The van der Waals surface area contributed by atoms with Crippen LogP contribution >= 0.6 is 0 Å². The van der Waals surface area contributed by atoms with Crippen molar-refractivity contribution in [1.82, 2.24) is 0 Å². The Labute approximate surface area is 163 Å². The lowest BCUT2D eigenvalue weighted by Gasteiger charge is -2.14. The van der Waals surface area contributed by atoms with E-state index in [0.29, 0.717) is 22.5 Å². The summed E-state index contributed by atoms with van der Waals surface area (Å²) in [7, 11) is 3.20. The lowest BCUT2D eigenvalue weighted by atomic mass is 10.1. The van der Waals surface area contributed by atoms with Gasteiger partial charge in [0.25, 0.3) is 0 Å². The largest absolute Gasteiger partial charge is 0.497 e. The Kier molecular flexibility index (Phi) is 5.64. The third-order valence-corrected chi connectivity index (χ3v) is 4.14. The van der Waals surface area contributed by atoms with E-state index in [0.717, 1.165) is 22.9 Å². The fraction of sp³-hybridized carbons (Fsp3) is 0.0909. The predicted molar refractivity (Wildman–Crippen MR) is 108 cm³/mol. The van der Waals surface area contributed by atoms with Crippen molar-refractivity contribution in [2.75, 3.05) is 24.9 Å². The van der Waals surface area contributed by atoms with Crippen LogP contribution in [0.15, 0.2) is 60.7 Å². The van der Waals surface area contributed by atoms with Crippen LogP contribution in [0.3, 0.4) is 0 Å². The number of nitriles is 2. The smallest absolute Gasteiger partial charge is 0.119 e. The molecule has 0 aromatic heterocycles. The second kappa shape index (κ2) is 8.48. The van der Waals surface area contributed by atoms with Crippen LogP contribution in [0.5, 0.6) is 11.5 Å². The van der Waals surface area contributed by atoms with Crippen LogP contribution in [0, 0.1) is 22.7 Å². The fourth-order valence-corrected chi connectivity index (χ4v) is 2.65. The minimum absolute atomic E-state index is 0.422. The first-order chi connectivity index (χ1) is 13.7. The van der Waals surface area contributed by atoms with E-state index in [-0.39, 0.29) is 0 Å². The quantitative estimate of drug-likeness (QED) is 0.639. The molecule has 6 heteroatoms. The number of benzene rings is 3. The molecule has 0 unspecified atom stereocenters. The van der Waals surface area contributed by atoms with Crippen LogP contribution in [0.4, 0.5) is 22.7 Å². The van der Waals surface area contributed by atoms with Crippen molar-refractivity contribution in [3.63, 3.8) is 0 Å². The standard InChI is InChI=1S/C22H18N4O2/c1-27-19-7-3-17(4-8-19)25-21-11-16(14-24)22(12-15(21)13-23)26-18-5-9-20(28-2)10-6-18/h3-12,25-26H,1-2H3. The minimum atomic E-state index is 0.422. The molecule has 0 saturated carbocycles. The highest BCUT2D eigenvalue weighted by Gasteiger charge is 2.11. The van der Waals surface area contributed by atoms with Gasteiger partial charge in [-0.25, -0.2) is 0 Å². The second-order valence-electron chi connectivity index (χ2n) is 5.87. The number of nitrogens with one attached hydrogen (secondary N) is 2. The SMILES string of the molecule is COc1ccc(Nc2cc(C#N)c(Nc3ccc(OC)cc3)cc2C#N)cc1. The Morgan fingerprint density at radius 1 is 0.643 bits per heavy atom. The highest BCUT2D eigenvalue weighted by Crippen LogP contribution is 2.30. The minimum Gasteiger partial charge on any atom is -0.497 e. The summed E-state index contributed by atoms with van der Waals surface area (Å²) in [4.78, 5) is 0. The maximum Gasteiger partial charge on any atom is 0.119 e. The molecule has 0 heterocycles. The third-order valence-electron chi connectivity index (χ3n) is 4.14. The van der Waals surface area contributed by atoms with Crippen molar-refractivity contribution < 1.29 is 9.47 Å². The van der Waals surface area contributed by atoms with Crippen molar-refractivity contribution in [2.24, 2.45) is 0 Å². The van der Waals surface area contributed by atoms with E-state index in [9.17, 15) is 10.5 Å². The van der Waals surface area contributed by atoms with Gasteiger partial charge in [-0.1, -0.05) is 0 Å². The van der Waals surface area contributed by atoms with Crippen LogP contribution in [0.25, 0.3) is 0 Å². The lowest BCUT2D eigenvalue weighted by Crippen LogP contribution is -1.99. The van der Waals surface area contributed by atoms with Crippen molar-refractivity contribution in [1.29, 1.82) is 10.5 Å². The number of hydrogen-bond donors (Lipinski definition) is 2. The van der Waals surface area contributed by atoms with Crippen LogP contribution in [0.2, 0.25) is 0 Å². The van der Waals surface area contributed by atoms with E-state index < -0.39 is 0 Å². The van der Waals surface area contributed by atoms with Crippen LogP contribution in [-0.4, -0.2) is 14.2 Å². The zero-order valence-corrected chi connectivity index (χ0v) is 15.5. The Bertz CT molecular complexity index is 959. The summed E-state index contributed by atoms with van der Waals surface area (Å²) < 4.78 is 10.3. The number of hydrogen-bond acceptors (Lipinski definition) is 6. The molecular formula is C22H18N4O2. The number of ether oxygens (including phenoxy) is 2. The molecule has 0 fully saturated rings. The molecule has 0 radical (unpaired) electrons. The summed E-state index contributed by atoms with van der Waals surface area (Å²) in [6.45, 7) is 0. The first-order valence-electron chi connectivity index (χ1n) is 8.47. The average Bonchev–Trinajstić information content (AvgIpc) is 2.75. The Hall–Kier alpha value is -4.16. The molecule has 3 rings (SSSR count). The molecule has 0 aliphatic heterocycles. The first kappa shape index (κ1) is 18.6. The lowest BCUT2D eigenvalue weighted by molar-refractivity contribution is 0.415. The number of rotatable bonds is 6. The molecule has 3 aromatic carbocycles. The topological polar surface area (TPSA) is 90.1 Å². The average molecular weight is 370 g/mol. The monoisotopic (exact) mass is 370 g/mol. The Balaban J connectivity index is 1.90. The van der Waals surface area contributed by atoms with Crippen LogP contribution in [-0.2, 0) is 0 Å². The second-order valence-corrected chi connectivity index (χ2v) is 5.87. The predicted octanol–water partition coefficient (Wildman–Crippen LogP) is 4.93. The molecule has 3 aromatic rings. The van der Waals surface area contributed by atoms with Crippen molar-refractivity contribution in [3.05, 3.63) is 71.8 Å². The molecule has 28 heavy (non-hydrogen) atoms. The molecule has 0 saturated heterocycles. The van der Waals surface area contributed by atoms with Crippen molar-refractivity contribution in [2.45, 2.75) is 0 Å². The normalized spacial score (nSPS) is 9.71. The molecule has 0 aliphatic carbocycles. The molecule has 138 valence electrons. The zero-order valence-electron chi connectivity index (χ0n) is 15.5. The molecule has 0 amide bonds. The zero-order chi connectivity index (χ0) is 19.9. The van der Waals surface area contributed by atoms with E-state index in [1.54, 1.807) is 26.4 Å². The number of anilines is 4. The highest BCUT2D eigenvalue weighted by molar-refractivity contribution is 5.77. The van der Waals surface area contributed by atoms with E-state index in [4.69, 9.17) is 9.47 Å². The summed E-state index contributed by atoms with van der Waals surface area (Å²) in [5, 5.41) is 25.5. The summed E-state index contributed by atoms with van der Waals surface area (Å²) in [6, 6.07) is 22.3. The van der Waals surface area contributed by atoms with Crippen molar-refractivity contribution >= 4 is 22.7 Å². The number of methoxy groups -OCH3 is 2. The Morgan fingerprint density at radius 3 is 1.29 bits per heavy atom. The van der Waals surface area contributed by atoms with Gasteiger partial charge in [-0.2, -0.15) is 10.5 Å². The van der Waals surface area contributed by atoms with Crippen LogP contribution in [0.1, 0.15) is 11.1 Å². The molecule has 2 N–H and O–H groups in total. The Morgan fingerprint density at radius 2 is 1.00 bits per heavy atom. The van der Waals surface area contributed by atoms with Gasteiger partial charge in [0.15, 0.2) is 0 Å². The molecule has 0 bridgehead atoms. The first-order valence-corrected chi connectivity index (χ1v) is 8.47. The van der Waals surface area contributed by atoms with Gasteiger partial charge in [-0.05, 0) is 60.7 Å². The van der Waals surface area contributed by atoms with Gasteiger partial charge in [0.05, 0.1) is 36.7 Å². The molecule has 6 nitrogen and oxygen atoms in total. The van der Waals surface area contributed by atoms with Crippen LogP contribution < -0.4 is 20.1 Å². The maximum absolute atomic E-state index is 9.56. The van der Waals surface area contributed by atoms with Gasteiger partial charge in [-0.15, -0.1) is 0 Å². The van der Waals surface area contributed by atoms with E-state index in [1.165, 1.54) is 0 Å². The number of nitrogens with zero attached hydrogens (tertiary/aromatic N) is 2. The third kappa shape index (κ3) is 4.14. The van der Waals surface area contributed by atoms with Gasteiger partial charge >= 0.3 is 0 Å². The molecular weight excluding hydrogens is 352 g/mol. The molecule has 0 atom stereocenters. The highest BCUT2D eigenvalue weighted by atomic mass is 16.5. The fourth-order valence-electron chi connectivity index (χ4n) is 2.65. The van der Waals surface area contributed by atoms with Gasteiger partial charge in [0.1, 0.15) is 23.6 Å². The van der Waals surface area contributed by atoms with Gasteiger partial charge < -0.3 is 20.1 Å². The summed E-state index contributed by atoms with van der Waals surface area (Å²) in [6.07, 6.45) is 0. The summed E-state index contributed by atoms with van der Waals surface area (Å²) in [5.41, 5.74) is 3.54. The summed E-state index contributed by atoms with van der Waals surface area (Å²) >= 11 is 0. The van der Waals surface area contributed by atoms with Gasteiger partial charge in [0, 0.05) is 11.4 Å². The molecule has 0 aliphatic rings. The molecule has 0 spiro atoms. The van der Waals surface area contributed by atoms with E-state index >= 15 is 0 Å².